The van der Waals surface area contributed by atoms with Crippen molar-refractivity contribution in [3.8, 4) is 5.75 Å². The number of nitrogens with zero attached hydrogens (tertiary/aromatic N) is 1. The highest BCUT2D eigenvalue weighted by Gasteiger charge is 2.09. The van der Waals surface area contributed by atoms with Gasteiger partial charge in [-0.25, -0.2) is 0 Å². The molecule has 0 saturated heterocycles. The van der Waals surface area contributed by atoms with Crippen molar-refractivity contribution in [3.05, 3.63) is 54.6 Å². The van der Waals surface area contributed by atoms with Crippen molar-refractivity contribution >= 4 is 26.8 Å². The monoisotopic (exact) mass is 309 g/mol. The number of hydrogen-bond donors (Lipinski definition) is 0. The molecule has 2 nitrogen and oxygen atoms in total. The summed E-state index contributed by atoms with van der Waals surface area (Å²) in [7, 11) is 1.33. The van der Waals surface area contributed by atoms with Crippen LogP contribution in [0.3, 0.4) is 0 Å². The van der Waals surface area contributed by atoms with Gasteiger partial charge in [0.15, 0.2) is 0 Å². The Bertz CT molecular complexity index is 528. The zero-order chi connectivity index (χ0) is 12.1. The third-order valence-electron chi connectivity index (χ3n) is 2.31. The van der Waals surface area contributed by atoms with Gasteiger partial charge in [-0.3, -0.25) is 0 Å². The van der Waals surface area contributed by atoms with Crippen molar-refractivity contribution < 1.29 is 4.74 Å². The molecule has 4 heteroatoms. The molecule has 0 fully saturated rings. The zero-order valence-corrected chi connectivity index (χ0v) is 11.7. The molecule has 0 heterocycles. The Morgan fingerprint density at radius 2 is 1.65 bits per heavy atom. The van der Waals surface area contributed by atoms with Crippen LogP contribution in [0.2, 0.25) is 0 Å². The first-order chi connectivity index (χ1) is 8.36. The third-order valence-corrected chi connectivity index (χ3v) is 4.79. The largest absolute Gasteiger partial charge is 0.496 e. The topological polar surface area (TPSA) is 21.6 Å². The molecule has 0 amide bonds. The zero-order valence-electron chi connectivity index (χ0n) is 9.34. The van der Waals surface area contributed by atoms with Crippen molar-refractivity contribution in [3.63, 3.8) is 0 Å². The Hall–Kier alpha value is -1.13. The fourth-order valence-corrected chi connectivity index (χ4v) is 3.87. The summed E-state index contributed by atoms with van der Waals surface area (Å²) < 4.78 is 9.67. The molecule has 0 aliphatic heterocycles. The lowest BCUT2D eigenvalue weighted by Gasteiger charge is -2.11. The van der Waals surface area contributed by atoms with E-state index in [1.54, 1.807) is 7.11 Å². The molecule has 2 aromatic rings. The van der Waals surface area contributed by atoms with Gasteiger partial charge in [-0.2, -0.15) is 3.39 Å². The normalized spacial score (nSPS) is 12.4. The molecule has 0 radical (unpaired) electrons. The van der Waals surface area contributed by atoms with Crippen LogP contribution in [-0.2, 0) is 10.7 Å². The van der Waals surface area contributed by atoms with Crippen LogP contribution >= 0.6 is 16.1 Å². The van der Waals surface area contributed by atoms with Crippen molar-refractivity contribution in [1.82, 2.24) is 0 Å². The van der Waals surface area contributed by atoms with Gasteiger partial charge in [-0.15, -0.1) is 0 Å². The van der Waals surface area contributed by atoms with Crippen LogP contribution in [-0.4, -0.2) is 7.11 Å². The van der Waals surface area contributed by atoms with Gasteiger partial charge in [-0.05, 0) is 35.0 Å². The van der Waals surface area contributed by atoms with Crippen molar-refractivity contribution in [1.29, 1.82) is 0 Å². The Morgan fingerprint density at radius 3 is 2.29 bits per heavy atom. The van der Waals surface area contributed by atoms with Crippen molar-refractivity contribution in [2.45, 2.75) is 9.79 Å². The first-order valence-corrected chi connectivity index (χ1v) is 7.00. The van der Waals surface area contributed by atoms with E-state index in [1.165, 1.54) is 0 Å². The third kappa shape index (κ3) is 2.76. The van der Waals surface area contributed by atoms with Gasteiger partial charge in [0, 0.05) is 4.90 Å². The molecule has 2 aromatic carbocycles. The minimum absolute atomic E-state index is 0.353. The number of halogens is 1. The number of hydrogen-bond acceptors (Lipinski definition) is 2. The van der Waals surface area contributed by atoms with Gasteiger partial charge in [0.05, 0.1) is 28.2 Å². The van der Waals surface area contributed by atoms with E-state index >= 15 is 0 Å². The first kappa shape index (κ1) is 12.3. The molecule has 1 unspecified atom stereocenters. The van der Waals surface area contributed by atoms with Gasteiger partial charge in [-0.1, -0.05) is 30.3 Å². The van der Waals surface area contributed by atoms with Gasteiger partial charge >= 0.3 is 0 Å². The van der Waals surface area contributed by atoms with Crippen LogP contribution in [0.5, 0.6) is 5.75 Å². The summed E-state index contributed by atoms with van der Waals surface area (Å²) in [6, 6.07) is 18.1. The minimum atomic E-state index is -0.353. The van der Waals surface area contributed by atoms with E-state index < -0.39 is 0 Å². The van der Waals surface area contributed by atoms with Crippen LogP contribution < -0.4 is 4.74 Å². The predicted octanol–water partition coefficient (Wildman–Crippen LogP) is 4.23. The maximum Gasteiger partial charge on any atom is 0.133 e. The summed E-state index contributed by atoms with van der Waals surface area (Å²) >= 11 is 3.23. The Kier molecular flexibility index (Phi) is 4.34. The Balaban J connectivity index is 2.51. The van der Waals surface area contributed by atoms with Gasteiger partial charge in [0.1, 0.15) is 5.75 Å². The highest BCUT2D eigenvalue weighted by molar-refractivity contribution is 9.09. The molecule has 0 saturated carbocycles. The van der Waals surface area contributed by atoms with Crippen LogP contribution in [0.15, 0.2) is 67.8 Å². The summed E-state index contributed by atoms with van der Waals surface area (Å²) in [6.45, 7) is 0. The van der Waals surface area contributed by atoms with Crippen LogP contribution in [0, 0.1) is 0 Å². The van der Waals surface area contributed by atoms with E-state index in [9.17, 15) is 0 Å². The molecular weight excluding hydrogens is 298 g/mol. The molecule has 0 aromatic heterocycles. The van der Waals surface area contributed by atoms with E-state index in [4.69, 9.17) is 4.74 Å². The highest BCUT2D eigenvalue weighted by Crippen LogP contribution is 2.28. The lowest BCUT2D eigenvalue weighted by Crippen LogP contribution is -1.95. The smallest absolute Gasteiger partial charge is 0.133 e. The van der Waals surface area contributed by atoms with E-state index in [1.807, 2.05) is 42.5 Å². The average molecular weight is 310 g/mol. The van der Waals surface area contributed by atoms with E-state index in [0.29, 0.717) is 0 Å². The predicted molar refractivity (Wildman–Crippen MR) is 74.7 cm³/mol. The lowest BCUT2D eigenvalue weighted by atomic mass is 10.3. The standard InChI is InChI=1S/C13H12BrNOS/c1-16-12-9-5-6-10-13(12)17(15-14)11-7-3-2-4-8-11/h2-10H,1H3. The molecule has 0 N–H and O–H groups in total. The second-order valence-electron chi connectivity index (χ2n) is 3.32. The maximum absolute atomic E-state index is 5.38. The van der Waals surface area contributed by atoms with Gasteiger partial charge in [0.2, 0.25) is 0 Å². The van der Waals surface area contributed by atoms with Crippen LogP contribution in [0.25, 0.3) is 0 Å². The van der Waals surface area contributed by atoms with Crippen molar-refractivity contribution in [2.75, 3.05) is 7.11 Å². The van der Waals surface area contributed by atoms with Gasteiger partial charge in [0.25, 0.3) is 0 Å². The molecule has 2 rings (SSSR count). The number of rotatable bonds is 3. The summed E-state index contributed by atoms with van der Waals surface area (Å²) in [6.07, 6.45) is 0. The molecule has 0 aliphatic carbocycles. The average Bonchev–Trinajstić information content (AvgIpc) is 2.41. The number of ether oxygens (including phenoxy) is 1. The molecular formula is C13H12BrNOS. The second-order valence-corrected chi connectivity index (χ2v) is 5.80. The fourth-order valence-electron chi connectivity index (χ4n) is 1.53. The SMILES string of the molecule is COc1ccccc1/S(=N/Br)c1ccccc1. The molecule has 0 spiro atoms. The van der Waals surface area contributed by atoms with E-state index in [0.717, 1.165) is 15.5 Å². The quantitative estimate of drug-likeness (QED) is 0.831. The lowest BCUT2D eigenvalue weighted by molar-refractivity contribution is 0.404. The molecule has 1 atom stereocenters. The molecule has 0 aliphatic rings. The maximum atomic E-state index is 5.38. The van der Waals surface area contributed by atoms with Crippen LogP contribution in [0.4, 0.5) is 0 Å². The highest BCUT2D eigenvalue weighted by atomic mass is 79.9. The first-order valence-electron chi connectivity index (χ1n) is 5.11. The van der Waals surface area contributed by atoms with Crippen LogP contribution in [0.1, 0.15) is 0 Å². The fraction of sp³-hybridized carbons (Fsp3) is 0.0769. The summed E-state index contributed by atoms with van der Waals surface area (Å²) in [5.74, 6) is 0.864. The second kappa shape index (κ2) is 5.98. The molecule has 0 bridgehead atoms. The summed E-state index contributed by atoms with van der Waals surface area (Å²) in [5.41, 5.74) is 0. The number of methoxy groups -OCH3 is 1. The van der Waals surface area contributed by atoms with Gasteiger partial charge < -0.3 is 4.74 Å². The Morgan fingerprint density at radius 1 is 1.00 bits per heavy atom. The Labute approximate surface area is 112 Å². The summed E-state index contributed by atoms with van der Waals surface area (Å²) in [4.78, 5) is 2.24. The number of para-hydroxylation sites is 1. The summed E-state index contributed by atoms with van der Waals surface area (Å²) in [5, 5.41) is 0. The van der Waals surface area contributed by atoms with E-state index in [2.05, 4.69) is 31.7 Å². The van der Waals surface area contributed by atoms with E-state index in [-0.39, 0.29) is 10.7 Å². The number of benzene rings is 2. The molecule has 88 valence electrons. The van der Waals surface area contributed by atoms with Crippen molar-refractivity contribution in [2.24, 2.45) is 3.39 Å². The minimum Gasteiger partial charge on any atom is -0.496 e. The molecule has 17 heavy (non-hydrogen) atoms.